The van der Waals surface area contributed by atoms with E-state index in [4.69, 9.17) is 22.1 Å². The summed E-state index contributed by atoms with van der Waals surface area (Å²) in [5, 5.41) is 11.1. The summed E-state index contributed by atoms with van der Waals surface area (Å²) in [6, 6.07) is 2.68. The van der Waals surface area contributed by atoms with Crippen molar-refractivity contribution >= 4 is 17.3 Å². The van der Waals surface area contributed by atoms with E-state index in [9.17, 15) is 10.1 Å². The molecule has 0 fully saturated rings. The molecule has 17 heavy (non-hydrogen) atoms. The van der Waals surface area contributed by atoms with E-state index in [1.54, 1.807) is 0 Å². The Morgan fingerprint density at radius 2 is 2.29 bits per heavy atom. The van der Waals surface area contributed by atoms with Crippen molar-refractivity contribution in [3.63, 3.8) is 0 Å². The van der Waals surface area contributed by atoms with Gasteiger partial charge in [0.15, 0.2) is 5.75 Å². The van der Waals surface area contributed by atoms with Gasteiger partial charge in [0, 0.05) is 25.1 Å². The van der Waals surface area contributed by atoms with Crippen LogP contribution in [0.25, 0.3) is 0 Å². The Balaban J connectivity index is 3.21. The minimum atomic E-state index is -0.538. The monoisotopic (exact) mass is 254 g/mol. The maximum atomic E-state index is 10.8. The van der Waals surface area contributed by atoms with Gasteiger partial charge in [0.25, 0.3) is 0 Å². The molecule has 0 aromatic heterocycles. The lowest BCUT2D eigenvalue weighted by molar-refractivity contribution is -0.385. The molecule has 1 rings (SSSR count). The van der Waals surface area contributed by atoms with Crippen LogP contribution in [0.4, 0.5) is 5.69 Å². The highest BCUT2D eigenvalue weighted by atomic mass is 35.5. The Morgan fingerprint density at radius 3 is 2.82 bits per heavy atom. The van der Waals surface area contributed by atoms with Crippen LogP contribution in [0, 0.1) is 22.0 Å². The molecule has 0 unspecified atom stereocenters. The number of rotatable bonds is 3. The van der Waals surface area contributed by atoms with E-state index >= 15 is 0 Å². The number of nitro groups is 1. The number of benzene rings is 1. The fourth-order valence-electron chi connectivity index (χ4n) is 1.18. The van der Waals surface area contributed by atoms with Crippen molar-refractivity contribution < 1.29 is 9.66 Å². The van der Waals surface area contributed by atoms with Crippen molar-refractivity contribution in [2.24, 2.45) is 5.73 Å². The third kappa shape index (κ3) is 3.34. The van der Waals surface area contributed by atoms with E-state index in [1.165, 1.54) is 19.2 Å². The van der Waals surface area contributed by atoms with Crippen molar-refractivity contribution in [1.82, 2.24) is 0 Å². The molecule has 1 aromatic rings. The number of hydrogen-bond acceptors (Lipinski definition) is 4. The van der Waals surface area contributed by atoms with Crippen LogP contribution in [0.3, 0.4) is 0 Å². The van der Waals surface area contributed by atoms with Gasteiger partial charge in [0.1, 0.15) is 0 Å². The fraction of sp³-hybridized carbons (Fsp3) is 0.273. The van der Waals surface area contributed by atoms with E-state index in [0.29, 0.717) is 23.6 Å². The Morgan fingerprint density at radius 1 is 1.59 bits per heavy atom. The molecule has 0 aliphatic rings. The van der Waals surface area contributed by atoms with Gasteiger partial charge in [-0.25, -0.2) is 0 Å². The highest BCUT2D eigenvalue weighted by molar-refractivity contribution is 6.32. The van der Waals surface area contributed by atoms with Gasteiger partial charge in [-0.15, -0.1) is 0 Å². The second-order valence-corrected chi connectivity index (χ2v) is 3.51. The Bertz CT molecular complexity index is 491. The molecule has 0 atom stereocenters. The van der Waals surface area contributed by atoms with Crippen LogP contribution in [-0.2, 0) is 0 Å². The molecule has 0 amide bonds. The molecule has 0 saturated heterocycles. The molecule has 0 aliphatic carbocycles. The van der Waals surface area contributed by atoms with E-state index in [1.807, 2.05) is 0 Å². The number of halogens is 1. The lowest BCUT2D eigenvalue weighted by Crippen LogP contribution is -1.96. The number of methoxy groups -OCH3 is 1. The predicted molar refractivity (Wildman–Crippen MR) is 65.2 cm³/mol. The Hall–Kier alpha value is -1.77. The topological polar surface area (TPSA) is 78.4 Å². The Labute approximate surface area is 104 Å². The van der Waals surface area contributed by atoms with E-state index < -0.39 is 4.92 Å². The molecule has 0 radical (unpaired) electrons. The molecule has 6 heteroatoms. The third-order valence-corrected chi connectivity index (χ3v) is 2.27. The maximum absolute atomic E-state index is 10.8. The summed E-state index contributed by atoms with van der Waals surface area (Å²) in [6.45, 7) is 0.433. The number of nitrogens with zero attached hydrogens (tertiary/aromatic N) is 1. The molecule has 0 heterocycles. The molecule has 5 nitrogen and oxygen atoms in total. The number of nitrogens with two attached hydrogens (primary N) is 1. The molecular weight excluding hydrogens is 244 g/mol. The van der Waals surface area contributed by atoms with Gasteiger partial charge in [-0.05, 0) is 0 Å². The minimum Gasteiger partial charge on any atom is -0.490 e. The largest absolute Gasteiger partial charge is 0.490 e. The average Bonchev–Trinajstić information content (AvgIpc) is 2.30. The van der Waals surface area contributed by atoms with Crippen molar-refractivity contribution in [3.8, 4) is 17.6 Å². The maximum Gasteiger partial charge on any atom is 0.312 e. The first-order valence-electron chi connectivity index (χ1n) is 4.81. The summed E-state index contributed by atoms with van der Waals surface area (Å²) < 4.78 is 4.87. The van der Waals surface area contributed by atoms with Crippen LogP contribution < -0.4 is 10.5 Å². The standard InChI is InChI=1S/C11H11ClN2O3/c1-17-11-7-9(12)8(4-2-3-5-13)6-10(11)14(15)16/h6-7H,3,5,13H2,1H3. The smallest absolute Gasteiger partial charge is 0.312 e. The van der Waals surface area contributed by atoms with Gasteiger partial charge in [0.2, 0.25) is 0 Å². The minimum absolute atomic E-state index is 0.115. The summed E-state index contributed by atoms with van der Waals surface area (Å²) in [7, 11) is 1.35. The fourth-order valence-corrected chi connectivity index (χ4v) is 1.38. The van der Waals surface area contributed by atoms with Gasteiger partial charge in [-0.2, -0.15) is 0 Å². The summed E-state index contributed by atoms with van der Waals surface area (Å²) in [5.74, 6) is 5.63. The molecule has 0 saturated carbocycles. The molecule has 1 aromatic carbocycles. The van der Waals surface area contributed by atoms with Crippen LogP contribution in [0.15, 0.2) is 12.1 Å². The van der Waals surface area contributed by atoms with Gasteiger partial charge < -0.3 is 10.5 Å². The third-order valence-electron chi connectivity index (χ3n) is 1.96. The van der Waals surface area contributed by atoms with Crippen molar-refractivity contribution in [2.75, 3.05) is 13.7 Å². The van der Waals surface area contributed by atoms with Gasteiger partial charge >= 0.3 is 5.69 Å². The highest BCUT2D eigenvalue weighted by Gasteiger charge is 2.17. The first-order valence-corrected chi connectivity index (χ1v) is 5.18. The summed E-state index contributed by atoms with van der Waals surface area (Å²) >= 11 is 5.93. The second-order valence-electron chi connectivity index (χ2n) is 3.10. The lowest BCUT2D eigenvalue weighted by atomic mass is 10.2. The van der Waals surface area contributed by atoms with Gasteiger partial charge in [-0.1, -0.05) is 23.4 Å². The number of hydrogen-bond donors (Lipinski definition) is 1. The van der Waals surface area contributed by atoms with Crippen molar-refractivity contribution in [3.05, 3.63) is 32.8 Å². The van der Waals surface area contributed by atoms with Crippen molar-refractivity contribution in [2.45, 2.75) is 6.42 Å². The van der Waals surface area contributed by atoms with E-state index in [0.717, 1.165) is 0 Å². The van der Waals surface area contributed by atoms with Crippen molar-refractivity contribution in [1.29, 1.82) is 0 Å². The van der Waals surface area contributed by atoms with Crippen LogP contribution in [-0.4, -0.2) is 18.6 Å². The summed E-state index contributed by atoms with van der Waals surface area (Å²) in [6.07, 6.45) is 0.510. The number of nitro benzene ring substituents is 1. The molecule has 0 bridgehead atoms. The van der Waals surface area contributed by atoms with Gasteiger partial charge in [-0.3, -0.25) is 10.1 Å². The molecule has 2 N–H and O–H groups in total. The highest BCUT2D eigenvalue weighted by Crippen LogP contribution is 2.32. The summed E-state index contributed by atoms with van der Waals surface area (Å²) in [5.41, 5.74) is 5.53. The molecule has 90 valence electrons. The van der Waals surface area contributed by atoms with E-state index in [-0.39, 0.29) is 11.4 Å². The number of ether oxygens (including phenoxy) is 1. The molecule has 0 spiro atoms. The van der Waals surface area contributed by atoms with Crippen LogP contribution in [0.1, 0.15) is 12.0 Å². The van der Waals surface area contributed by atoms with E-state index in [2.05, 4.69) is 11.8 Å². The average molecular weight is 255 g/mol. The zero-order valence-electron chi connectivity index (χ0n) is 9.20. The predicted octanol–water partition coefficient (Wildman–Crippen LogP) is 1.96. The van der Waals surface area contributed by atoms with Crippen LogP contribution in [0.5, 0.6) is 5.75 Å². The van der Waals surface area contributed by atoms with Gasteiger partial charge in [0.05, 0.1) is 22.6 Å². The first kappa shape index (κ1) is 13.3. The quantitative estimate of drug-likeness (QED) is 0.508. The molecular formula is C11H11ClN2O3. The first-order chi connectivity index (χ1) is 8.10. The molecule has 0 aliphatic heterocycles. The zero-order chi connectivity index (χ0) is 12.8. The summed E-state index contributed by atoms with van der Waals surface area (Å²) in [4.78, 5) is 10.3. The van der Waals surface area contributed by atoms with Crippen LogP contribution in [0.2, 0.25) is 5.02 Å². The lowest BCUT2D eigenvalue weighted by Gasteiger charge is -2.03. The zero-order valence-corrected chi connectivity index (χ0v) is 9.95. The SMILES string of the molecule is COc1cc(Cl)c(C#CCCN)cc1[N+](=O)[O-]. The normalized spacial score (nSPS) is 9.35. The van der Waals surface area contributed by atoms with Crippen LogP contribution >= 0.6 is 11.6 Å². The Kier molecular flexibility index (Phi) is 4.76. The second kappa shape index (κ2) is 6.09.